The van der Waals surface area contributed by atoms with Crippen LogP contribution in [0.15, 0.2) is 5.38 Å². The van der Waals surface area contributed by atoms with E-state index in [9.17, 15) is 4.79 Å². The molecular formula is C9H11N3OS. The molecule has 14 heavy (non-hydrogen) atoms. The van der Waals surface area contributed by atoms with Gasteiger partial charge in [0.05, 0.1) is 12.2 Å². The summed E-state index contributed by atoms with van der Waals surface area (Å²) in [5.74, 6) is 2.36. The lowest BCUT2D eigenvalue weighted by molar-refractivity contribution is -0.114. The standard InChI is InChI=1S/C9H11N3OS/c1-3-4-10-5-8-6-14-9(12-8)11-7(2)13/h1,6,10H,4-5H2,2H3,(H,11,12,13). The molecule has 4 nitrogen and oxygen atoms in total. The van der Waals surface area contributed by atoms with Crippen molar-refractivity contribution in [1.29, 1.82) is 0 Å². The Kier molecular flexibility index (Phi) is 4.11. The number of nitrogens with one attached hydrogen (secondary N) is 2. The highest BCUT2D eigenvalue weighted by Gasteiger charge is 2.01. The summed E-state index contributed by atoms with van der Waals surface area (Å²) in [5.41, 5.74) is 0.883. The third-order valence-corrected chi connectivity index (χ3v) is 2.17. The van der Waals surface area contributed by atoms with Crippen molar-refractivity contribution in [3.63, 3.8) is 0 Å². The van der Waals surface area contributed by atoms with Crippen molar-refractivity contribution in [3.05, 3.63) is 11.1 Å². The molecule has 1 rings (SSSR count). The lowest BCUT2D eigenvalue weighted by Crippen LogP contribution is -2.13. The van der Waals surface area contributed by atoms with E-state index in [1.807, 2.05) is 5.38 Å². The Hall–Kier alpha value is -1.38. The number of terminal acetylenes is 1. The lowest BCUT2D eigenvalue weighted by Gasteiger charge is -1.96. The average molecular weight is 209 g/mol. The maximum absolute atomic E-state index is 10.7. The van der Waals surface area contributed by atoms with Crippen LogP contribution in [0, 0.1) is 12.3 Å². The molecule has 5 heteroatoms. The van der Waals surface area contributed by atoms with Crippen LogP contribution < -0.4 is 10.6 Å². The van der Waals surface area contributed by atoms with Crippen molar-refractivity contribution in [3.8, 4) is 12.3 Å². The third-order valence-electron chi connectivity index (χ3n) is 1.37. The van der Waals surface area contributed by atoms with Gasteiger partial charge in [0.2, 0.25) is 5.91 Å². The molecule has 0 atom stereocenters. The van der Waals surface area contributed by atoms with Gasteiger partial charge in [0.25, 0.3) is 0 Å². The second-order valence-electron chi connectivity index (χ2n) is 2.63. The molecule has 0 unspecified atom stereocenters. The first-order chi connectivity index (χ1) is 6.72. The van der Waals surface area contributed by atoms with Crippen LogP contribution in [0.4, 0.5) is 5.13 Å². The Morgan fingerprint density at radius 3 is 3.21 bits per heavy atom. The van der Waals surface area contributed by atoms with Crippen LogP contribution in [0.25, 0.3) is 0 Å². The van der Waals surface area contributed by atoms with Gasteiger partial charge in [0.1, 0.15) is 0 Å². The van der Waals surface area contributed by atoms with Crippen molar-refractivity contribution in [2.24, 2.45) is 0 Å². The number of rotatable bonds is 4. The minimum Gasteiger partial charge on any atom is -0.302 e. The smallest absolute Gasteiger partial charge is 0.223 e. The second kappa shape index (κ2) is 5.37. The number of aromatic nitrogens is 1. The second-order valence-corrected chi connectivity index (χ2v) is 3.49. The molecule has 0 aliphatic carbocycles. The van der Waals surface area contributed by atoms with Gasteiger partial charge in [-0.05, 0) is 0 Å². The molecule has 0 fully saturated rings. The predicted octanol–water partition coefficient (Wildman–Crippen LogP) is 0.824. The Morgan fingerprint density at radius 1 is 1.79 bits per heavy atom. The summed E-state index contributed by atoms with van der Waals surface area (Å²) in [6.07, 6.45) is 5.08. The van der Waals surface area contributed by atoms with Crippen molar-refractivity contribution in [2.45, 2.75) is 13.5 Å². The highest BCUT2D eigenvalue weighted by Crippen LogP contribution is 2.14. The highest BCUT2D eigenvalue weighted by molar-refractivity contribution is 7.13. The summed E-state index contributed by atoms with van der Waals surface area (Å²) >= 11 is 1.40. The number of hydrogen-bond acceptors (Lipinski definition) is 4. The first-order valence-electron chi connectivity index (χ1n) is 4.08. The molecule has 0 saturated heterocycles. The lowest BCUT2D eigenvalue weighted by atomic mass is 10.5. The van der Waals surface area contributed by atoms with E-state index >= 15 is 0 Å². The molecule has 0 radical (unpaired) electrons. The third kappa shape index (κ3) is 3.56. The zero-order chi connectivity index (χ0) is 10.4. The largest absolute Gasteiger partial charge is 0.302 e. The van der Waals surface area contributed by atoms with Gasteiger partial charge in [0.15, 0.2) is 5.13 Å². The monoisotopic (exact) mass is 209 g/mol. The van der Waals surface area contributed by atoms with E-state index in [1.54, 1.807) is 0 Å². The summed E-state index contributed by atoms with van der Waals surface area (Å²) in [7, 11) is 0. The molecule has 0 saturated carbocycles. The van der Waals surface area contributed by atoms with Crippen molar-refractivity contribution in [1.82, 2.24) is 10.3 Å². The fourth-order valence-corrected chi connectivity index (χ4v) is 1.62. The van der Waals surface area contributed by atoms with Gasteiger partial charge in [-0.25, -0.2) is 4.98 Å². The SMILES string of the molecule is C#CCNCc1csc(NC(C)=O)n1. The van der Waals surface area contributed by atoms with Gasteiger partial charge < -0.3 is 10.6 Å². The Bertz CT molecular complexity index is 353. The first-order valence-corrected chi connectivity index (χ1v) is 4.96. The number of nitrogens with zero attached hydrogens (tertiary/aromatic N) is 1. The van der Waals surface area contributed by atoms with E-state index in [0.717, 1.165) is 5.69 Å². The number of anilines is 1. The molecular weight excluding hydrogens is 198 g/mol. The molecule has 2 N–H and O–H groups in total. The van der Waals surface area contributed by atoms with E-state index < -0.39 is 0 Å². The van der Waals surface area contributed by atoms with E-state index in [4.69, 9.17) is 6.42 Å². The first kappa shape index (κ1) is 10.7. The fourth-order valence-electron chi connectivity index (χ4n) is 0.859. The molecule has 0 bridgehead atoms. The molecule has 0 spiro atoms. The van der Waals surface area contributed by atoms with E-state index in [-0.39, 0.29) is 5.91 Å². The van der Waals surface area contributed by atoms with Crippen LogP contribution in [0.1, 0.15) is 12.6 Å². The number of hydrogen-bond donors (Lipinski definition) is 2. The van der Waals surface area contributed by atoms with Crippen LogP contribution in [-0.4, -0.2) is 17.4 Å². The Labute approximate surface area is 86.7 Å². The van der Waals surface area contributed by atoms with Crippen LogP contribution in [0.2, 0.25) is 0 Å². The molecule has 0 aliphatic heterocycles. The van der Waals surface area contributed by atoms with E-state index in [1.165, 1.54) is 18.3 Å². The quantitative estimate of drug-likeness (QED) is 0.570. The topological polar surface area (TPSA) is 54.0 Å². The molecule has 74 valence electrons. The zero-order valence-electron chi connectivity index (χ0n) is 7.83. The van der Waals surface area contributed by atoms with Gasteiger partial charge in [-0.2, -0.15) is 0 Å². The normalized spacial score (nSPS) is 9.43. The van der Waals surface area contributed by atoms with Crippen LogP contribution in [0.3, 0.4) is 0 Å². The summed E-state index contributed by atoms with van der Waals surface area (Å²) in [4.78, 5) is 14.9. The maximum Gasteiger partial charge on any atom is 0.223 e. The molecule has 1 aromatic heterocycles. The van der Waals surface area contributed by atoms with Gasteiger partial charge in [0, 0.05) is 18.8 Å². The number of amides is 1. The van der Waals surface area contributed by atoms with Gasteiger partial charge in [-0.3, -0.25) is 4.79 Å². The molecule has 1 amide bonds. The van der Waals surface area contributed by atoms with Crippen molar-refractivity contribution >= 4 is 22.4 Å². The van der Waals surface area contributed by atoms with Gasteiger partial charge in [-0.15, -0.1) is 17.8 Å². The maximum atomic E-state index is 10.7. The molecule has 1 aromatic rings. The van der Waals surface area contributed by atoms with E-state index in [0.29, 0.717) is 18.2 Å². The average Bonchev–Trinajstić information content (AvgIpc) is 2.52. The van der Waals surface area contributed by atoms with Crippen LogP contribution in [-0.2, 0) is 11.3 Å². The Balaban J connectivity index is 2.43. The van der Waals surface area contributed by atoms with Crippen molar-refractivity contribution in [2.75, 3.05) is 11.9 Å². The number of thiazole rings is 1. The van der Waals surface area contributed by atoms with Gasteiger partial charge >= 0.3 is 0 Å². The predicted molar refractivity (Wildman–Crippen MR) is 57.0 cm³/mol. The fraction of sp³-hybridized carbons (Fsp3) is 0.333. The molecule has 1 heterocycles. The molecule has 0 aromatic carbocycles. The van der Waals surface area contributed by atoms with E-state index in [2.05, 4.69) is 21.5 Å². The zero-order valence-corrected chi connectivity index (χ0v) is 8.65. The summed E-state index contributed by atoms with van der Waals surface area (Å²) in [5, 5.41) is 8.13. The minimum atomic E-state index is -0.109. The highest BCUT2D eigenvalue weighted by atomic mass is 32.1. The summed E-state index contributed by atoms with van der Waals surface area (Å²) < 4.78 is 0. The summed E-state index contributed by atoms with van der Waals surface area (Å²) in [6, 6.07) is 0. The van der Waals surface area contributed by atoms with Gasteiger partial charge in [-0.1, -0.05) is 5.92 Å². The van der Waals surface area contributed by atoms with Crippen LogP contribution in [0.5, 0.6) is 0 Å². The number of carbonyl (C=O) groups excluding carboxylic acids is 1. The molecule has 0 aliphatic rings. The number of carbonyl (C=O) groups is 1. The minimum absolute atomic E-state index is 0.109. The summed E-state index contributed by atoms with van der Waals surface area (Å²) in [6.45, 7) is 2.60. The van der Waals surface area contributed by atoms with Crippen molar-refractivity contribution < 1.29 is 4.79 Å². The Morgan fingerprint density at radius 2 is 2.57 bits per heavy atom. The van der Waals surface area contributed by atoms with Crippen LogP contribution >= 0.6 is 11.3 Å².